The highest BCUT2D eigenvalue weighted by Crippen LogP contribution is 2.26. The Balaban J connectivity index is 2.33. The molecule has 1 heterocycles. The van der Waals surface area contributed by atoms with E-state index in [4.69, 9.17) is 4.74 Å². The van der Waals surface area contributed by atoms with Gasteiger partial charge in [-0.3, -0.25) is 0 Å². The number of alkyl carbamates (subject to hydrolysis) is 1. The predicted molar refractivity (Wildman–Crippen MR) is 59.7 cm³/mol. The third kappa shape index (κ3) is 3.78. The van der Waals surface area contributed by atoms with Crippen LogP contribution in [-0.2, 0) is 4.74 Å². The summed E-state index contributed by atoms with van der Waals surface area (Å²) >= 11 is 1.90. The zero-order valence-electron chi connectivity index (χ0n) is 9.29. The first kappa shape index (κ1) is 11.7. The van der Waals surface area contributed by atoms with Crippen molar-refractivity contribution in [2.45, 2.75) is 51.0 Å². The Kier molecular flexibility index (Phi) is 3.70. The van der Waals surface area contributed by atoms with Crippen molar-refractivity contribution in [1.29, 1.82) is 0 Å². The lowest BCUT2D eigenvalue weighted by molar-refractivity contribution is 0.0505. The van der Waals surface area contributed by atoms with Crippen molar-refractivity contribution >= 4 is 17.9 Å². The monoisotopic (exact) mass is 217 g/mol. The second kappa shape index (κ2) is 4.43. The summed E-state index contributed by atoms with van der Waals surface area (Å²) in [5, 5.41) is 3.41. The maximum atomic E-state index is 11.4. The van der Waals surface area contributed by atoms with Crippen molar-refractivity contribution in [3.05, 3.63) is 0 Å². The van der Waals surface area contributed by atoms with Crippen LogP contribution in [0.3, 0.4) is 0 Å². The highest BCUT2D eigenvalue weighted by atomic mass is 32.2. The molecule has 1 amide bonds. The molecule has 0 saturated carbocycles. The number of thioether (sulfide) groups is 1. The predicted octanol–water partition coefficient (Wildman–Crippen LogP) is 2.41. The van der Waals surface area contributed by atoms with Crippen molar-refractivity contribution < 1.29 is 9.53 Å². The first-order chi connectivity index (χ1) is 6.38. The Bertz CT molecular complexity index is 213. The molecule has 2 unspecified atom stereocenters. The zero-order valence-corrected chi connectivity index (χ0v) is 10.1. The molecule has 0 aliphatic carbocycles. The number of amides is 1. The van der Waals surface area contributed by atoms with Crippen molar-refractivity contribution in [3.63, 3.8) is 0 Å². The summed E-state index contributed by atoms with van der Waals surface area (Å²) in [7, 11) is 0. The molecule has 0 aromatic carbocycles. The fourth-order valence-corrected chi connectivity index (χ4v) is 2.58. The van der Waals surface area contributed by atoms with E-state index in [-0.39, 0.29) is 12.1 Å². The van der Waals surface area contributed by atoms with Crippen LogP contribution in [0.5, 0.6) is 0 Å². The molecule has 0 spiro atoms. The van der Waals surface area contributed by atoms with Crippen LogP contribution in [0.4, 0.5) is 4.79 Å². The lowest BCUT2D eigenvalue weighted by atomic mass is 10.2. The minimum atomic E-state index is -0.404. The van der Waals surface area contributed by atoms with E-state index < -0.39 is 5.60 Å². The smallest absolute Gasteiger partial charge is 0.407 e. The molecule has 4 heteroatoms. The van der Waals surface area contributed by atoms with E-state index in [1.54, 1.807) is 0 Å². The summed E-state index contributed by atoms with van der Waals surface area (Å²) in [6.07, 6.45) is 0.752. The summed E-state index contributed by atoms with van der Waals surface area (Å²) in [6.45, 7) is 7.76. The maximum Gasteiger partial charge on any atom is 0.407 e. The minimum Gasteiger partial charge on any atom is -0.444 e. The van der Waals surface area contributed by atoms with Gasteiger partial charge in [-0.25, -0.2) is 4.79 Å². The van der Waals surface area contributed by atoms with Gasteiger partial charge in [-0.15, -0.1) is 0 Å². The van der Waals surface area contributed by atoms with Crippen molar-refractivity contribution in [2.75, 3.05) is 5.75 Å². The Hall–Kier alpha value is -0.380. The summed E-state index contributed by atoms with van der Waals surface area (Å²) in [4.78, 5) is 11.4. The van der Waals surface area contributed by atoms with Gasteiger partial charge in [0.1, 0.15) is 5.60 Å². The van der Waals surface area contributed by atoms with Gasteiger partial charge in [0, 0.05) is 11.3 Å². The summed E-state index contributed by atoms with van der Waals surface area (Å²) in [5.41, 5.74) is -0.404. The molecule has 14 heavy (non-hydrogen) atoms. The molecule has 3 nitrogen and oxygen atoms in total. The molecule has 0 bridgehead atoms. The fourth-order valence-electron chi connectivity index (χ4n) is 1.38. The maximum absolute atomic E-state index is 11.4. The van der Waals surface area contributed by atoms with Gasteiger partial charge in [0.2, 0.25) is 0 Å². The summed E-state index contributed by atoms with van der Waals surface area (Å²) < 4.78 is 5.19. The molecule has 1 saturated heterocycles. The van der Waals surface area contributed by atoms with Crippen LogP contribution >= 0.6 is 11.8 Å². The SMILES string of the molecule is CC1SCCC1NC(=O)OC(C)(C)C. The van der Waals surface area contributed by atoms with E-state index in [2.05, 4.69) is 12.2 Å². The lowest BCUT2D eigenvalue weighted by Crippen LogP contribution is -2.41. The first-order valence-corrected chi connectivity index (χ1v) is 6.04. The fraction of sp³-hybridized carbons (Fsp3) is 0.900. The van der Waals surface area contributed by atoms with E-state index in [0.29, 0.717) is 5.25 Å². The largest absolute Gasteiger partial charge is 0.444 e. The molecule has 2 atom stereocenters. The third-order valence-electron chi connectivity index (χ3n) is 2.08. The van der Waals surface area contributed by atoms with Gasteiger partial charge in [-0.05, 0) is 32.9 Å². The Morgan fingerprint density at radius 2 is 2.14 bits per heavy atom. The van der Waals surface area contributed by atoms with E-state index in [1.807, 2.05) is 32.5 Å². The standard InChI is InChI=1S/C10H19NO2S/c1-7-8(5-6-14-7)11-9(12)13-10(2,3)4/h7-8H,5-6H2,1-4H3,(H,11,12). The van der Waals surface area contributed by atoms with Gasteiger partial charge in [0.15, 0.2) is 0 Å². The van der Waals surface area contributed by atoms with Gasteiger partial charge in [-0.2, -0.15) is 11.8 Å². The number of nitrogens with one attached hydrogen (secondary N) is 1. The number of ether oxygens (including phenoxy) is 1. The van der Waals surface area contributed by atoms with Gasteiger partial charge in [0.05, 0.1) is 0 Å². The lowest BCUT2D eigenvalue weighted by Gasteiger charge is -2.22. The molecule has 0 aromatic heterocycles. The number of rotatable bonds is 1. The Morgan fingerprint density at radius 3 is 2.57 bits per heavy atom. The highest BCUT2D eigenvalue weighted by molar-refractivity contribution is 8.00. The molecule has 1 rings (SSSR count). The number of hydrogen-bond acceptors (Lipinski definition) is 3. The van der Waals surface area contributed by atoms with Gasteiger partial charge in [0.25, 0.3) is 0 Å². The number of hydrogen-bond donors (Lipinski definition) is 1. The van der Waals surface area contributed by atoms with E-state index >= 15 is 0 Å². The molecular formula is C10H19NO2S. The van der Waals surface area contributed by atoms with Gasteiger partial charge >= 0.3 is 6.09 Å². The topological polar surface area (TPSA) is 38.3 Å². The molecule has 1 fully saturated rings. The van der Waals surface area contributed by atoms with Crippen LogP contribution in [0.15, 0.2) is 0 Å². The molecule has 0 radical (unpaired) electrons. The van der Waals surface area contributed by atoms with Crippen molar-refractivity contribution in [1.82, 2.24) is 5.32 Å². The second-order valence-electron chi connectivity index (χ2n) is 4.62. The van der Waals surface area contributed by atoms with Crippen LogP contribution in [0.25, 0.3) is 0 Å². The molecule has 82 valence electrons. The second-order valence-corrected chi connectivity index (χ2v) is 6.10. The minimum absolute atomic E-state index is 0.273. The quantitative estimate of drug-likeness (QED) is 0.733. The highest BCUT2D eigenvalue weighted by Gasteiger charge is 2.27. The summed E-state index contributed by atoms with van der Waals surface area (Å²) in [6, 6.07) is 0.273. The Labute approximate surface area is 90.0 Å². The molecule has 1 N–H and O–H groups in total. The van der Waals surface area contributed by atoms with Crippen LogP contribution < -0.4 is 5.32 Å². The number of carbonyl (C=O) groups excluding carboxylic acids is 1. The average molecular weight is 217 g/mol. The van der Waals surface area contributed by atoms with E-state index in [9.17, 15) is 4.79 Å². The van der Waals surface area contributed by atoms with Crippen LogP contribution in [-0.4, -0.2) is 28.7 Å². The van der Waals surface area contributed by atoms with Crippen LogP contribution in [0.1, 0.15) is 34.1 Å². The average Bonchev–Trinajstić information content (AvgIpc) is 2.32. The first-order valence-electron chi connectivity index (χ1n) is 4.99. The van der Waals surface area contributed by atoms with E-state index in [0.717, 1.165) is 12.2 Å². The Morgan fingerprint density at radius 1 is 1.50 bits per heavy atom. The van der Waals surface area contributed by atoms with E-state index in [1.165, 1.54) is 0 Å². The molecule has 1 aliphatic heterocycles. The van der Waals surface area contributed by atoms with Crippen LogP contribution in [0.2, 0.25) is 0 Å². The van der Waals surface area contributed by atoms with Gasteiger partial charge < -0.3 is 10.1 Å². The number of carbonyl (C=O) groups is 1. The van der Waals surface area contributed by atoms with Crippen molar-refractivity contribution in [3.8, 4) is 0 Å². The molecule has 1 aliphatic rings. The third-order valence-corrected chi connectivity index (χ3v) is 3.40. The van der Waals surface area contributed by atoms with Crippen LogP contribution in [0, 0.1) is 0 Å². The summed E-state index contributed by atoms with van der Waals surface area (Å²) in [5.74, 6) is 1.13. The molecule has 0 aromatic rings. The van der Waals surface area contributed by atoms with Gasteiger partial charge in [-0.1, -0.05) is 6.92 Å². The normalized spacial score (nSPS) is 27.4. The zero-order chi connectivity index (χ0) is 10.8. The van der Waals surface area contributed by atoms with Crippen molar-refractivity contribution in [2.24, 2.45) is 0 Å². The molecular weight excluding hydrogens is 198 g/mol.